The quantitative estimate of drug-likeness (QED) is 0.304. The molecule has 0 saturated heterocycles. The van der Waals surface area contributed by atoms with Gasteiger partial charge in [-0.3, -0.25) is 9.59 Å². The fraction of sp³-hybridized carbons (Fsp3) is 0.346. The third-order valence-corrected chi connectivity index (χ3v) is 7.41. The molecule has 3 aromatic rings. The number of thiazole rings is 1. The van der Waals surface area contributed by atoms with Crippen LogP contribution in [0.1, 0.15) is 50.0 Å². The van der Waals surface area contributed by atoms with Crippen molar-refractivity contribution in [1.29, 1.82) is 0 Å². The Morgan fingerprint density at radius 3 is 2.52 bits per heavy atom. The predicted octanol–water partition coefficient (Wildman–Crippen LogP) is 7.07. The first kappa shape index (κ1) is 25.0. The maximum atomic E-state index is 13.0. The first-order chi connectivity index (χ1) is 15.9. The Morgan fingerprint density at radius 2 is 1.82 bits per heavy atom. The largest absolute Gasteiger partial charge is 0.326 e. The maximum Gasteiger partial charge on any atom is 0.239 e. The van der Waals surface area contributed by atoms with Crippen LogP contribution in [0.15, 0.2) is 53.4 Å². The van der Waals surface area contributed by atoms with Gasteiger partial charge in [0.25, 0.3) is 0 Å². The van der Waals surface area contributed by atoms with E-state index in [0.29, 0.717) is 18.0 Å². The minimum atomic E-state index is -0.261. The Hall–Kier alpha value is -2.64. The summed E-state index contributed by atoms with van der Waals surface area (Å²) in [5.41, 5.74) is 3.92. The van der Waals surface area contributed by atoms with Crippen molar-refractivity contribution in [2.45, 2.75) is 63.5 Å². The highest BCUT2D eigenvalue weighted by atomic mass is 32.2. The fourth-order valence-corrected chi connectivity index (χ4v) is 5.16. The minimum Gasteiger partial charge on any atom is -0.326 e. The zero-order chi connectivity index (χ0) is 23.8. The molecular weight excluding hydrogens is 450 g/mol. The summed E-state index contributed by atoms with van der Waals surface area (Å²) >= 11 is 2.99. The molecule has 0 aliphatic heterocycles. The molecule has 1 aromatic heterocycles. The van der Waals surface area contributed by atoms with Crippen LogP contribution in [0.2, 0.25) is 0 Å². The van der Waals surface area contributed by atoms with E-state index in [1.807, 2.05) is 38.1 Å². The predicted molar refractivity (Wildman–Crippen MR) is 140 cm³/mol. The van der Waals surface area contributed by atoms with Gasteiger partial charge in [0.1, 0.15) is 0 Å². The molecule has 7 heteroatoms. The van der Waals surface area contributed by atoms with Gasteiger partial charge in [0.2, 0.25) is 11.8 Å². The Labute approximate surface area is 204 Å². The van der Waals surface area contributed by atoms with Crippen LogP contribution in [-0.4, -0.2) is 22.0 Å². The van der Waals surface area contributed by atoms with Crippen molar-refractivity contribution in [3.63, 3.8) is 0 Å². The van der Waals surface area contributed by atoms with Crippen LogP contribution in [0.5, 0.6) is 0 Å². The molecule has 1 heterocycles. The lowest BCUT2D eigenvalue weighted by atomic mass is 10.1. The van der Waals surface area contributed by atoms with E-state index in [2.05, 4.69) is 53.7 Å². The molecule has 1 unspecified atom stereocenters. The maximum absolute atomic E-state index is 13.0. The van der Waals surface area contributed by atoms with Gasteiger partial charge >= 0.3 is 0 Å². The molecule has 0 fully saturated rings. The van der Waals surface area contributed by atoms with E-state index in [9.17, 15) is 9.59 Å². The van der Waals surface area contributed by atoms with Gasteiger partial charge in [-0.1, -0.05) is 56.2 Å². The lowest BCUT2D eigenvalue weighted by Gasteiger charge is -2.14. The Balaban J connectivity index is 1.65. The molecule has 3 rings (SSSR count). The molecule has 0 saturated carbocycles. The highest BCUT2D eigenvalue weighted by Crippen LogP contribution is 2.32. The number of nitrogens with zero attached hydrogens (tertiary/aromatic N) is 1. The molecule has 2 amide bonds. The molecule has 0 spiro atoms. The fourth-order valence-electron chi connectivity index (χ4n) is 3.31. The number of benzene rings is 2. The number of thioether (sulfide) groups is 1. The lowest BCUT2D eigenvalue weighted by Crippen LogP contribution is -2.24. The summed E-state index contributed by atoms with van der Waals surface area (Å²) in [6.45, 7) is 8.14. The van der Waals surface area contributed by atoms with Crippen LogP contribution >= 0.6 is 23.1 Å². The lowest BCUT2D eigenvalue weighted by molar-refractivity contribution is -0.116. The third kappa shape index (κ3) is 7.17. The van der Waals surface area contributed by atoms with Gasteiger partial charge in [-0.2, -0.15) is 0 Å². The number of amides is 2. The van der Waals surface area contributed by atoms with Crippen LogP contribution in [0.3, 0.4) is 0 Å². The Morgan fingerprint density at radius 1 is 1.06 bits per heavy atom. The van der Waals surface area contributed by atoms with Crippen molar-refractivity contribution in [3.8, 4) is 11.3 Å². The van der Waals surface area contributed by atoms with Crippen molar-refractivity contribution < 1.29 is 9.59 Å². The van der Waals surface area contributed by atoms with Crippen molar-refractivity contribution >= 4 is 45.7 Å². The molecule has 0 aliphatic carbocycles. The highest BCUT2D eigenvalue weighted by Gasteiger charge is 2.20. The van der Waals surface area contributed by atoms with Gasteiger partial charge in [0, 0.05) is 27.4 Å². The number of rotatable bonds is 10. The molecule has 0 aliphatic rings. The average Bonchev–Trinajstić information content (AvgIpc) is 3.16. The summed E-state index contributed by atoms with van der Waals surface area (Å²) in [4.78, 5) is 31.7. The van der Waals surface area contributed by atoms with Crippen molar-refractivity contribution in [3.05, 3.63) is 59.0 Å². The number of carbonyl (C=O) groups excluding carboxylic acids is 2. The van der Waals surface area contributed by atoms with E-state index >= 15 is 0 Å². The van der Waals surface area contributed by atoms with Crippen LogP contribution < -0.4 is 10.6 Å². The molecule has 0 radical (unpaired) electrons. The van der Waals surface area contributed by atoms with Gasteiger partial charge in [-0.05, 0) is 44.9 Å². The second kappa shape index (κ2) is 12.0. The second-order valence-corrected chi connectivity index (χ2v) is 10.5. The number of aryl methyl sites for hydroxylation is 2. The van der Waals surface area contributed by atoms with E-state index in [1.165, 1.54) is 28.7 Å². The molecule has 5 nitrogen and oxygen atoms in total. The Kier molecular flexibility index (Phi) is 9.09. The van der Waals surface area contributed by atoms with Gasteiger partial charge in [0.15, 0.2) is 5.13 Å². The number of aromatic nitrogens is 1. The zero-order valence-electron chi connectivity index (χ0n) is 19.6. The topological polar surface area (TPSA) is 71.1 Å². The summed E-state index contributed by atoms with van der Waals surface area (Å²) in [7, 11) is 0. The molecular formula is C26H31N3O2S2. The van der Waals surface area contributed by atoms with Gasteiger partial charge < -0.3 is 10.6 Å². The smallest absolute Gasteiger partial charge is 0.239 e. The number of unbranched alkanes of at least 4 members (excludes halogenated alkanes) is 1. The van der Waals surface area contributed by atoms with E-state index in [0.717, 1.165) is 39.6 Å². The molecule has 2 aromatic carbocycles. The summed E-state index contributed by atoms with van der Waals surface area (Å²) in [6, 6.07) is 15.9. The SMILES string of the molecule is CCCCC(=O)Nc1cccc(SC(CC)C(=O)Nc2nc(-c3ccc(C)cc3)c(C)s2)c1. The van der Waals surface area contributed by atoms with Crippen LogP contribution in [0.4, 0.5) is 10.8 Å². The standard InChI is InChI=1S/C26H31N3O2S2/c1-5-7-11-23(30)27-20-9-8-10-21(16-20)33-22(6-2)25(31)29-26-28-24(18(4)32-26)19-14-12-17(3)13-15-19/h8-10,12-16,22H,5-7,11H2,1-4H3,(H,27,30)(H,28,29,31). The Bertz CT molecular complexity index is 1090. The number of hydrogen-bond acceptors (Lipinski definition) is 5. The highest BCUT2D eigenvalue weighted by molar-refractivity contribution is 8.00. The zero-order valence-corrected chi connectivity index (χ0v) is 21.2. The number of hydrogen-bond donors (Lipinski definition) is 2. The van der Waals surface area contributed by atoms with Crippen molar-refractivity contribution in [2.75, 3.05) is 10.6 Å². The number of nitrogens with one attached hydrogen (secondary N) is 2. The molecule has 1 atom stereocenters. The average molecular weight is 482 g/mol. The van der Waals surface area contributed by atoms with E-state index < -0.39 is 0 Å². The van der Waals surface area contributed by atoms with Crippen molar-refractivity contribution in [1.82, 2.24) is 4.98 Å². The van der Waals surface area contributed by atoms with Crippen LogP contribution in [-0.2, 0) is 9.59 Å². The van der Waals surface area contributed by atoms with Crippen molar-refractivity contribution in [2.24, 2.45) is 0 Å². The second-order valence-electron chi connectivity index (χ2n) is 7.97. The molecule has 174 valence electrons. The van der Waals surface area contributed by atoms with E-state index in [-0.39, 0.29) is 17.1 Å². The van der Waals surface area contributed by atoms with Gasteiger partial charge in [-0.25, -0.2) is 4.98 Å². The summed E-state index contributed by atoms with van der Waals surface area (Å²) < 4.78 is 0. The van der Waals surface area contributed by atoms with E-state index in [1.54, 1.807) is 0 Å². The molecule has 33 heavy (non-hydrogen) atoms. The van der Waals surface area contributed by atoms with Gasteiger partial charge in [-0.15, -0.1) is 23.1 Å². The monoisotopic (exact) mass is 481 g/mol. The third-order valence-electron chi connectivity index (χ3n) is 5.17. The molecule has 0 bridgehead atoms. The number of anilines is 2. The minimum absolute atomic E-state index is 0.0207. The van der Waals surface area contributed by atoms with Gasteiger partial charge in [0.05, 0.1) is 10.9 Å². The normalized spacial score (nSPS) is 11.8. The first-order valence-corrected chi connectivity index (χ1v) is 13.0. The van der Waals surface area contributed by atoms with Crippen LogP contribution in [0, 0.1) is 13.8 Å². The summed E-state index contributed by atoms with van der Waals surface area (Å²) in [5, 5.41) is 6.30. The summed E-state index contributed by atoms with van der Waals surface area (Å²) in [5.74, 6) is -0.0450. The van der Waals surface area contributed by atoms with E-state index in [4.69, 9.17) is 0 Å². The number of carbonyl (C=O) groups is 2. The van der Waals surface area contributed by atoms with Crippen LogP contribution in [0.25, 0.3) is 11.3 Å². The summed E-state index contributed by atoms with van der Waals surface area (Å²) in [6.07, 6.45) is 3.06. The first-order valence-electron chi connectivity index (χ1n) is 11.3. The molecule has 2 N–H and O–H groups in total.